The van der Waals surface area contributed by atoms with E-state index in [2.05, 4.69) is 29.9 Å². The van der Waals surface area contributed by atoms with Gasteiger partial charge in [0.15, 0.2) is 15.7 Å². The fraction of sp³-hybridized carbons (Fsp3) is 0.345. The van der Waals surface area contributed by atoms with Gasteiger partial charge < -0.3 is 14.8 Å². The number of aromatic nitrogens is 3. The van der Waals surface area contributed by atoms with Crippen LogP contribution in [-0.4, -0.2) is 49.3 Å². The molecule has 11 heteroatoms. The first kappa shape index (κ1) is 29.4. The molecule has 0 aliphatic rings. The minimum Gasteiger partial charge on any atom is -0.457 e. The molecule has 2 heterocycles. The van der Waals surface area contributed by atoms with Crippen LogP contribution in [0.5, 0.6) is 11.5 Å². The summed E-state index contributed by atoms with van der Waals surface area (Å²) >= 11 is 0. The Balaban J connectivity index is 1.76. The summed E-state index contributed by atoms with van der Waals surface area (Å²) in [5.41, 5.74) is 2.95. The van der Waals surface area contributed by atoms with Crippen LogP contribution in [0.4, 0.5) is 0 Å². The minimum absolute atomic E-state index is 0.0212. The van der Waals surface area contributed by atoms with Crippen LogP contribution in [0, 0.1) is 0 Å². The zero-order valence-electron chi connectivity index (χ0n) is 23.6. The van der Waals surface area contributed by atoms with Crippen LogP contribution in [-0.2, 0) is 32.6 Å². The number of pyridine rings is 1. The lowest BCUT2D eigenvalue weighted by Crippen LogP contribution is -2.22. The largest absolute Gasteiger partial charge is 0.457 e. The fourth-order valence-corrected chi connectivity index (χ4v) is 5.65. The lowest BCUT2D eigenvalue weighted by Gasteiger charge is -2.17. The third kappa shape index (κ3) is 7.35. The van der Waals surface area contributed by atoms with E-state index in [-0.39, 0.29) is 23.1 Å². The van der Waals surface area contributed by atoms with Gasteiger partial charge in [-0.15, -0.1) is 0 Å². The van der Waals surface area contributed by atoms with Crippen LogP contribution in [0.2, 0.25) is 25.7 Å². The second-order valence-electron chi connectivity index (χ2n) is 10.8. The van der Waals surface area contributed by atoms with E-state index in [4.69, 9.17) is 14.5 Å². The third-order valence-electron chi connectivity index (χ3n) is 6.36. The molecule has 0 aliphatic carbocycles. The van der Waals surface area contributed by atoms with Crippen molar-refractivity contribution in [3.63, 3.8) is 0 Å². The first-order valence-electron chi connectivity index (χ1n) is 13.2. The molecule has 0 atom stereocenters. The highest BCUT2D eigenvalue weighted by Crippen LogP contribution is 2.33. The molecule has 0 aliphatic heterocycles. The lowest BCUT2D eigenvalue weighted by molar-refractivity contribution is -0.119. The monoisotopic (exact) mass is 580 g/mol. The van der Waals surface area contributed by atoms with Crippen molar-refractivity contribution >= 4 is 34.9 Å². The molecule has 4 aromatic rings. The summed E-state index contributed by atoms with van der Waals surface area (Å²) in [5, 5.41) is 2.83. The van der Waals surface area contributed by atoms with Crippen molar-refractivity contribution in [1.29, 1.82) is 0 Å². The molecular formula is C29H36N4O5SSi. The van der Waals surface area contributed by atoms with Crippen molar-refractivity contribution in [1.82, 2.24) is 19.9 Å². The number of hydrogen-bond donors (Lipinski definition) is 1. The van der Waals surface area contributed by atoms with Gasteiger partial charge in [0.2, 0.25) is 5.91 Å². The molecule has 1 N–H and O–H groups in total. The zero-order valence-corrected chi connectivity index (χ0v) is 25.4. The number of hydrogen-bond acceptors (Lipinski definition) is 7. The number of sulfone groups is 1. The summed E-state index contributed by atoms with van der Waals surface area (Å²) in [4.78, 5) is 21.4. The zero-order chi connectivity index (χ0) is 28.9. The predicted octanol–water partition coefficient (Wildman–Crippen LogP) is 5.63. The highest BCUT2D eigenvalue weighted by atomic mass is 32.2. The van der Waals surface area contributed by atoms with E-state index in [0.29, 0.717) is 41.9 Å². The topological polar surface area (TPSA) is 112 Å². The molecule has 0 unspecified atom stereocenters. The Morgan fingerprint density at radius 1 is 1.07 bits per heavy atom. The Bertz CT molecular complexity index is 1580. The van der Waals surface area contributed by atoms with Gasteiger partial charge in [-0.3, -0.25) is 14.3 Å². The number of ether oxygens (including phenoxy) is 2. The number of carbonyl (C=O) groups is 1. The van der Waals surface area contributed by atoms with Gasteiger partial charge >= 0.3 is 0 Å². The number of nitrogens with one attached hydrogen (secondary N) is 1. The number of rotatable bonds is 12. The normalized spacial score (nSPS) is 12.0. The van der Waals surface area contributed by atoms with E-state index in [0.717, 1.165) is 17.1 Å². The van der Waals surface area contributed by atoms with Gasteiger partial charge in [0, 0.05) is 46.0 Å². The Morgan fingerprint density at radius 2 is 1.82 bits per heavy atom. The van der Waals surface area contributed by atoms with Gasteiger partial charge in [0.25, 0.3) is 0 Å². The summed E-state index contributed by atoms with van der Waals surface area (Å²) in [6.45, 7) is 11.2. The van der Waals surface area contributed by atoms with E-state index < -0.39 is 17.9 Å². The van der Waals surface area contributed by atoms with Crippen molar-refractivity contribution in [2.45, 2.75) is 57.7 Å². The fourth-order valence-electron chi connectivity index (χ4n) is 4.01. The number of benzene rings is 2. The van der Waals surface area contributed by atoms with Gasteiger partial charge in [-0.05, 0) is 48.5 Å². The van der Waals surface area contributed by atoms with Crippen molar-refractivity contribution in [2.75, 3.05) is 12.4 Å². The first-order valence-corrected chi connectivity index (χ1v) is 18.6. The van der Waals surface area contributed by atoms with Crippen LogP contribution in [0.1, 0.15) is 19.4 Å². The summed E-state index contributed by atoms with van der Waals surface area (Å²) < 4.78 is 38.8. The standard InChI is InChI=1S/C29H36N4O5SSi/c1-6-39(35,36)24-12-10-23(11-13-24)38-28-18-27-26(17-22(28)19-31-21(2)34)32-29(25-9-7-8-14-30-25)33(27)20-37-15-16-40(3,4)5/h7-14,17-18H,6,15-16,19-20H2,1-5H3,(H,31,34). The Labute approximate surface area is 236 Å². The number of amides is 1. The molecule has 40 heavy (non-hydrogen) atoms. The second-order valence-corrected chi connectivity index (χ2v) is 18.7. The van der Waals surface area contributed by atoms with Crippen LogP contribution >= 0.6 is 0 Å². The van der Waals surface area contributed by atoms with Crippen LogP contribution in [0.3, 0.4) is 0 Å². The molecule has 0 bridgehead atoms. The predicted molar refractivity (Wildman–Crippen MR) is 159 cm³/mol. The molecule has 0 saturated carbocycles. The SMILES string of the molecule is CCS(=O)(=O)c1ccc(Oc2cc3c(cc2CNC(C)=O)nc(-c2ccccn2)n3COCC[Si](C)(C)C)cc1. The number of nitrogens with zero attached hydrogens (tertiary/aromatic N) is 3. The summed E-state index contributed by atoms with van der Waals surface area (Å²) in [7, 11) is -4.59. The van der Waals surface area contributed by atoms with Gasteiger partial charge in [-0.25, -0.2) is 13.4 Å². The van der Waals surface area contributed by atoms with Crippen molar-refractivity contribution in [2.24, 2.45) is 0 Å². The van der Waals surface area contributed by atoms with E-state index in [1.807, 2.05) is 34.9 Å². The Morgan fingerprint density at radius 3 is 2.45 bits per heavy atom. The smallest absolute Gasteiger partial charge is 0.217 e. The summed E-state index contributed by atoms with van der Waals surface area (Å²) in [5.74, 6) is 1.51. The number of imidazole rings is 1. The van der Waals surface area contributed by atoms with E-state index in [1.165, 1.54) is 19.1 Å². The molecule has 9 nitrogen and oxygen atoms in total. The molecule has 1 amide bonds. The molecule has 212 valence electrons. The van der Waals surface area contributed by atoms with Gasteiger partial charge in [0.1, 0.15) is 23.9 Å². The number of fused-ring (bicyclic) bond motifs is 1. The maximum absolute atomic E-state index is 12.2. The molecular weight excluding hydrogens is 544 g/mol. The van der Waals surface area contributed by atoms with Gasteiger partial charge in [-0.1, -0.05) is 32.6 Å². The minimum atomic E-state index is -3.32. The maximum atomic E-state index is 12.2. The lowest BCUT2D eigenvalue weighted by atomic mass is 10.1. The third-order valence-corrected chi connectivity index (χ3v) is 9.81. The van der Waals surface area contributed by atoms with Gasteiger partial charge in [-0.2, -0.15) is 0 Å². The molecule has 0 saturated heterocycles. The maximum Gasteiger partial charge on any atom is 0.217 e. The molecule has 4 rings (SSSR count). The molecule has 0 spiro atoms. The molecule has 0 fully saturated rings. The van der Waals surface area contributed by atoms with E-state index >= 15 is 0 Å². The molecule has 2 aromatic carbocycles. The van der Waals surface area contributed by atoms with Gasteiger partial charge in [0.05, 0.1) is 21.7 Å². The molecule has 2 aromatic heterocycles. The van der Waals surface area contributed by atoms with E-state index in [1.54, 1.807) is 25.3 Å². The molecule has 0 radical (unpaired) electrons. The second kappa shape index (κ2) is 12.3. The Kier molecular flexibility index (Phi) is 9.07. The first-order chi connectivity index (χ1) is 19.0. The Hall–Kier alpha value is -3.54. The van der Waals surface area contributed by atoms with Crippen molar-refractivity contribution < 1.29 is 22.7 Å². The van der Waals surface area contributed by atoms with Crippen LogP contribution < -0.4 is 10.1 Å². The summed E-state index contributed by atoms with van der Waals surface area (Å²) in [6.07, 6.45) is 1.73. The average Bonchev–Trinajstić information content (AvgIpc) is 3.27. The van der Waals surface area contributed by atoms with Crippen molar-refractivity contribution in [3.05, 3.63) is 66.4 Å². The van der Waals surface area contributed by atoms with Crippen LogP contribution in [0.15, 0.2) is 65.7 Å². The highest BCUT2D eigenvalue weighted by Gasteiger charge is 2.19. The number of carbonyl (C=O) groups excluding carboxylic acids is 1. The van der Waals surface area contributed by atoms with E-state index in [9.17, 15) is 13.2 Å². The van der Waals surface area contributed by atoms with Crippen molar-refractivity contribution in [3.8, 4) is 23.0 Å². The summed E-state index contributed by atoms with van der Waals surface area (Å²) in [6, 6.07) is 16.8. The quantitative estimate of drug-likeness (QED) is 0.171. The van der Waals surface area contributed by atoms with Crippen LogP contribution in [0.25, 0.3) is 22.6 Å². The highest BCUT2D eigenvalue weighted by molar-refractivity contribution is 7.91. The average molecular weight is 581 g/mol.